The first-order valence-corrected chi connectivity index (χ1v) is 9.61. The molecule has 27 heavy (non-hydrogen) atoms. The average Bonchev–Trinajstić information content (AvgIpc) is 3.14. The molecular weight excluding hydrogens is 346 g/mol. The zero-order valence-corrected chi connectivity index (χ0v) is 16.3. The summed E-state index contributed by atoms with van der Waals surface area (Å²) in [5.41, 5.74) is -0.708. The van der Waals surface area contributed by atoms with E-state index in [1.54, 1.807) is 4.90 Å². The number of carbonyl (C=O) groups excluding carboxylic acids is 2. The van der Waals surface area contributed by atoms with E-state index in [1.807, 2.05) is 51.1 Å². The van der Waals surface area contributed by atoms with Gasteiger partial charge in [-0.15, -0.1) is 0 Å². The van der Waals surface area contributed by atoms with E-state index in [-0.39, 0.29) is 31.1 Å². The second-order valence-corrected chi connectivity index (χ2v) is 8.53. The van der Waals surface area contributed by atoms with Gasteiger partial charge in [0.15, 0.2) is 0 Å². The van der Waals surface area contributed by atoms with Crippen LogP contribution in [-0.2, 0) is 20.9 Å². The Hall–Kier alpha value is -2.08. The van der Waals surface area contributed by atoms with Crippen LogP contribution in [0.1, 0.15) is 52.0 Å². The van der Waals surface area contributed by atoms with Crippen molar-refractivity contribution in [2.24, 2.45) is 5.92 Å². The molecule has 0 aromatic heterocycles. The van der Waals surface area contributed by atoms with Crippen molar-refractivity contribution < 1.29 is 24.2 Å². The third-order valence-corrected chi connectivity index (χ3v) is 5.47. The molecule has 0 aliphatic carbocycles. The molecule has 2 aliphatic rings. The van der Waals surface area contributed by atoms with Gasteiger partial charge in [-0.3, -0.25) is 4.90 Å². The van der Waals surface area contributed by atoms with Crippen molar-refractivity contribution in [1.82, 2.24) is 4.90 Å². The molecule has 1 amide bonds. The van der Waals surface area contributed by atoms with Gasteiger partial charge in [0, 0.05) is 12.6 Å². The van der Waals surface area contributed by atoms with Gasteiger partial charge in [-0.2, -0.15) is 0 Å². The van der Waals surface area contributed by atoms with Crippen molar-refractivity contribution in [3.05, 3.63) is 35.9 Å². The molecule has 2 aliphatic heterocycles. The van der Waals surface area contributed by atoms with Crippen molar-refractivity contribution in [3.8, 4) is 0 Å². The second-order valence-electron chi connectivity index (χ2n) is 8.53. The Kier molecular flexibility index (Phi) is 5.47. The Balaban J connectivity index is 1.79. The van der Waals surface area contributed by atoms with Crippen LogP contribution in [0.3, 0.4) is 0 Å². The third kappa shape index (κ3) is 3.95. The molecule has 1 aromatic carbocycles. The number of carbonyl (C=O) groups is 2. The molecule has 2 bridgehead atoms. The number of nitrogens with zero attached hydrogens (tertiary/aromatic N) is 1. The summed E-state index contributed by atoms with van der Waals surface area (Å²) in [5, 5.41) is 9.39. The molecule has 6 heteroatoms. The number of ether oxygens (including phenoxy) is 2. The van der Waals surface area contributed by atoms with Gasteiger partial charge in [0.05, 0.1) is 0 Å². The number of aliphatic hydroxyl groups is 1. The number of hydrogen-bond acceptors (Lipinski definition) is 5. The molecule has 1 N–H and O–H groups in total. The van der Waals surface area contributed by atoms with E-state index < -0.39 is 17.2 Å². The van der Waals surface area contributed by atoms with Crippen LogP contribution >= 0.6 is 0 Å². The lowest BCUT2D eigenvalue weighted by molar-refractivity contribution is -0.166. The van der Waals surface area contributed by atoms with Gasteiger partial charge in [-0.05, 0) is 57.9 Å². The molecule has 0 saturated carbocycles. The molecular formula is C21H29NO5. The van der Waals surface area contributed by atoms with Crippen LogP contribution in [0, 0.1) is 5.92 Å². The molecule has 0 radical (unpaired) electrons. The smallest absolute Gasteiger partial charge is 0.411 e. The number of hydrogen-bond donors (Lipinski definition) is 1. The molecule has 2 heterocycles. The van der Waals surface area contributed by atoms with Crippen LogP contribution in [0.4, 0.5) is 4.79 Å². The van der Waals surface area contributed by atoms with Crippen molar-refractivity contribution in [3.63, 3.8) is 0 Å². The molecule has 0 unspecified atom stereocenters. The quantitative estimate of drug-likeness (QED) is 0.800. The Morgan fingerprint density at radius 2 is 1.96 bits per heavy atom. The van der Waals surface area contributed by atoms with E-state index in [4.69, 9.17) is 9.47 Å². The Bertz CT molecular complexity index is 684. The van der Waals surface area contributed by atoms with Gasteiger partial charge in [0.1, 0.15) is 17.7 Å². The zero-order valence-electron chi connectivity index (χ0n) is 16.3. The first-order chi connectivity index (χ1) is 12.8. The van der Waals surface area contributed by atoms with E-state index in [2.05, 4.69) is 0 Å². The second kappa shape index (κ2) is 7.50. The monoisotopic (exact) mass is 375 g/mol. The van der Waals surface area contributed by atoms with Gasteiger partial charge < -0.3 is 14.6 Å². The molecule has 2 saturated heterocycles. The predicted molar refractivity (Wildman–Crippen MR) is 99.9 cm³/mol. The van der Waals surface area contributed by atoms with Crippen LogP contribution in [-0.4, -0.2) is 45.9 Å². The van der Waals surface area contributed by atoms with E-state index in [9.17, 15) is 14.7 Å². The van der Waals surface area contributed by atoms with Crippen molar-refractivity contribution in [2.45, 2.75) is 70.2 Å². The summed E-state index contributed by atoms with van der Waals surface area (Å²) in [5.74, 6) is -0.282. The minimum atomic E-state index is -0.981. The lowest BCUT2D eigenvalue weighted by Crippen LogP contribution is -2.53. The first kappa shape index (κ1) is 19.7. The molecule has 3 rings (SSSR count). The van der Waals surface area contributed by atoms with Crippen LogP contribution in [0.15, 0.2) is 30.3 Å². The van der Waals surface area contributed by atoms with Crippen LogP contribution < -0.4 is 0 Å². The lowest BCUT2D eigenvalue weighted by Gasteiger charge is -2.34. The summed E-state index contributed by atoms with van der Waals surface area (Å²) in [6.07, 6.45) is 1.91. The van der Waals surface area contributed by atoms with Crippen molar-refractivity contribution in [1.29, 1.82) is 0 Å². The molecule has 2 fully saturated rings. The number of benzene rings is 1. The van der Waals surface area contributed by atoms with Gasteiger partial charge in [0.2, 0.25) is 0 Å². The van der Waals surface area contributed by atoms with E-state index in [1.165, 1.54) is 0 Å². The summed E-state index contributed by atoms with van der Waals surface area (Å²) < 4.78 is 11.2. The number of aliphatic hydroxyl groups excluding tert-OH is 1. The maximum atomic E-state index is 13.0. The fraction of sp³-hybridized carbons (Fsp3) is 0.619. The van der Waals surface area contributed by atoms with Gasteiger partial charge in [-0.1, -0.05) is 30.3 Å². The van der Waals surface area contributed by atoms with Gasteiger partial charge in [-0.25, -0.2) is 9.59 Å². The number of rotatable bonds is 5. The van der Waals surface area contributed by atoms with Gasteiger partial charge in [0.25, 0.3) is 0 Å². The highest BCUT2D eigenvalue weighted by molar-refractivity contribution is 5.88. The van der Waals surface area contributed by atoms with Crippen LogP contribution in [0.2, 0.25) is 0 Å². The molecule has 3 atom stereocenters. The highest BCUT2D eigenvalue weighted by atomic mass is 16.6. The summed E-state index contributed by atoms with van der Waals surface area (Å²) in [4.78, 5) is 27.6. The normalized spacial score (nSPS) is 26.9. The maximum absolute atomic E-state index is 13.0. The number of amides is 1. The lowest BCUT2D eigenvalue weighted by atomic mass is 9.79. The SMILES string of the molecule is CC(C)(C)OC(=O)[C@]12CC[C@H]([C@H](CCO)C1)N2C(=O)OCc1ccccc1. The van der Waals surface area contributed by atoms with E-state index >= 15 is 0 Å². The number of fused-ring (bicyclic) bond motifs is 2. The minimum Gasteiger partial charge on any atom is -0.458 e. The molecule has 1 aromatic rings. The summed E-state index contributed by atoms with van der Waals surface area (Å²) in [6, 6.07) is 9.38. The standard InChI is InChI=1S/C21H29NO5/c1-20(2,3)27-18(24)21-11-9-17(16(13-21)10-12-23)22(21)19(25)26-14-15-7-5-4-6-8-15/h4-8,16-17,23H,9-14H2,1-3H3/t16-,17-,21+/m1/s1. The minimum absolute atomic E-state index is 0.0401. The van der Waals surface area contributed by atoms with Crippen molar-refractivity contribution in [2.75, 3.05) is 6.61 Å². The summed E-state index contributed by atoms with van der Waals surface area (Å²) in [7, 11) is 0. The van der Waals surface area contributed by atoms with Gasteiger partial charge >= 0.3 is 12.1 Å². The fourth-order valence-electron chi connectivity index (χ4n) is 4.39. The van der Waals surface area contributed by atoms with Crippen LogP contribution in [0.5, 0.6) is 0 Å². The van der Waals surface area contributed by atoms with Crippen LogP contribution in [0.25, 0.3) is 0 Å². The topological polar surface area (TPSA) is 76.1 Å². The maximum Gasteiger partial charge on any atom is 0.411 e. The molecule has 148 valence electrons. The zero-order chi connectivity index (χ0) is 19.7. The Morgan fingerprint density at radius 3 is 2.59 bits per heavy atom. The third-order valence-electron chi connectivity index (χ3n) is 5.47. The first-order valence-electron chi connectivity index (χ1n) is 9.61. The Labute approximate surface area is 160 Å². The molecule has 6 nitrogen and oxygen atoms in total. The highest BCUT2D eigenvalue weighted by Crippen LogP contribution is 2.52. The average molecular weight is 375 g/mol. The van der Waals surface area contributed by atoms with E-state index in [0.717, 1.165) is 12.0 Å². The summed E-state index contributed by atoms with van der Waals surface area (Å²) >= 11 is 0. The van der Waals surface area contributed by atoms with Crippen molar-refractivity contribution >= 4 is 12.1 Å². The largest absolute Gasteiger partial charge is 0.458 e. The fourth-order valence-corrected chi connectivity index (χ4v) is 4.39. The van der Waals surface area contributed by atoms with E-state index in [0.29, 0.717) is 19.3 Å². The Morgan fingerprint density at radius 1 is 1.26 bits per heavy atom. The number of esters is 1. The summed E-state index contributed by atoms with van der Waals surface area (Å²) in [6.45, 7) is 5.68. The molecule has 0 spiro atoms. The predicted octanol–water partition coefficient (Wildman–Crippen LogP) is 3.27. The highest BCUT2D eigenvalue weighted by Gasteiger charge is 2.64.